The molecule has 0 radical (unpaired) electrons. The number of rotatable bonds is 4. The van der Waals surface area contributed by atoms with E-state index in [4.69, 9.17) is 4.98 Å². The van der Waals surface area contributed by atoms with Crippen LogP contribution in [-0.4, -0.2) is 18.1 Å². The van der Waals surface area contributed by atoms with Gasteiger partial charge in [-0.1, -0.05) is 37.1 Å². The van der Waals surface area contributed by atoms with Crippen molar-refractivity contribution >= 4 is 10.9 Å². The summed E-state index contributed by atoms with van der Waals surface area (Å²) in [4.78, 5) is 4.79. The second kappa shape index (κ2) is 5.70. The fourth-order valence-electron chi connectivity index (χ4n) is 3.31. The number of para-hydroxylation sites is 1. The number of likely N-dealkylation sites (N-methyl/N-ethyl adjacent to an activating group) is 1. The van der Waals surface area contributed by atoms with Crippen LogP contribution in [0.5, 0.6) is 0 Å². The third-order valence-electron chi connectivity index (χ3n) is 4.42. The van der Waals surface area contributed by atoms with E-state index >= 15 is 0 Å². The quantitative estimate of drug-likeness (QED) is 0.902. The Morgan fingerprint density at radius 1 is 1.16 bits per heavy atom. The van der Waals surface area contributed by atoms with Crippen LogP contribution >= 0.6 is 0 Å². The Bertz CT molecular complexity index is 544. The Balaban J connectivity index is 1.79. The average molecular weight is 254 g/mol. The highest BCUT2D eigenvalue weighted by Crippen LogP contribution is 2.29. The maximum Gasteiger partial charge on any atom is 0.0705 e. The van der Waals surface area contributed by atoms with Gasteiger partial charge in [-0.25, -0.2) is 0 Å². The lowest BCUT2D eigenvalue weighted by atomic mass is 9.94. The summed E-state index contributed by atoms with van der Waals surface area (Å²) in [6.07, 6.45) is 6.59. The van der Waals surface area contributed by atoms with Crippen LogP contribution in [-0.2, 0) is 6.42 Å². The van der Waals surface area contributed by atoms with Gasteiger partial charge in [-0.15, -0.1) is 0 Å². The molecule has 1 saturated carbocycles. The highest BCUT2D eigenvalue weighted by Gasteiger charge is 2.24. The van der Waals surface area contributed by atoms with E-state index in [2.05, 4.69) is 48.8 Å². The fourth-order valence-corrected chi connectivity index (χ4v) is 3.31. The van der Waals surface area contributed by atoms with Gasteiger partial charge in [0.2, 0.25) is 0 Å². The summed E-state index contributed by atoms with van der Waals surface area (Å²) in [6.45, 7) is 0. The molecule has 1 aliphatic carbocycles. The summed E-state index contributed by atoms with van der Waals surface area (Å²) in [5, 5.41) is 4.73. The minimum Gasteiger partial charge on any atom is -0.316 e. The first-order valence-electron chi connectivity index (χ1n) is 7.39. The molecule has 2 aromatic rings. The zero-order chi connectivity index (χ0) is 13.1. The van der Waals surface area contributed by atoms with Crippen LogP contribution in [0.25, 0.3) is 10.9 Å². The predicted octanol–water partition coefficient (Wildman–Crippen LogP) is 3.56. The summed E-state index contributed by atoms with van der Waals surface area (Å²) >= 11 is 0. The fraction of sp³-hybridized carbons (Fsp3) is 0.471. The molecule has 1 unspecified atom stereocenters. The standard InChI is InChI=1S/C17H22N2/c1-18-17(13-6-2-3-7-13)12-15-11-10-14-8-4-5-9-16(14)19-15/h4-5,8-11,13,17-18H,2-3,6-7,12H2,1H3. The van der Waals surface area contributed by atoms with E-state index in [1.165, 1.54) is 36.8 Å². The van der Waals surface area contributed by atoms with E-state index in [-0.39, 0.29) is 0 Å². The number of fused-ring (bicyclic) bond motifs is 1. The molecule has 2 heteroatoms. The summed E-state index contributed by atoms with van der Waals surface area (Å²) < 4.78 is 0. The molecule has 1 aliphatic rings. The molecule has 1 aromatic carbocycles. The van der Waals surface area contributed by atoms with Gasteiger partial charge < -0.3 is 5.32 Å². The van der Waals surface area contributed by atoms with E-state index < -0.39 is 0 Å². The number of hydrogen-bond donors (Lipinski definition) is 1. The van der Waals surface area contributed by atoms with Crippen LogP contribution in [0.4, 0.5) is 0 Å². The first-order valence-corrected chi connectivity index (χ1v) is 7.39. The van der Waals surface area contributed by atoms with Crippen LogP contribution < -0.4 is 5.32 Å². The van der Waals surface area contributed by atoms with Crippen LogP contribution in [0.1, 0.15) is 31.4 Å². The molecule has 0 bridgehead atoms. The Morgan fingerprint density at radius 3 is 2.74 bits per heavy atom. The molecule has 1 heterocycles. The highest BCUT2D eigenvalue weighted by molar-refractivity contribution is 5.78. The molecule has 1 atom stereocenters. The van der Waals surface area contributed by atoms with Crippen molar-refractivity contribution in [1.82, 2.24) is 10.3 Å². The summed E-state index contributed by atoms with van der Waals surface area (Å²) in [6, 6.07) is 13.3. The molecule has 1 fully saturated rings. The monoisotopic (exact) mass is 254 g/mol. The van der Waals surface area contributed by atoms with Gasteiger partial charge in [-0.05, 0) is 37.9 Å². The van der Waals surface area contributed by atoms with Crippen molar-refractivity contribution in [2.45, 2.75) is 38.1 Å². The summed E-state index contributed by atoms with van der Waals surface area (Å²) in [5.74, 6) is 0.832. The molecule has 3 rings (SSSR count). The van der Waals surface area contributed by atoms with E-state index in [1.807, 2.05) is 0 Å². The minimum atomic E-state index is 0.580. The molecule has 19 heavy (non-hydrogen) atoms. The van der Waals surface area contributed by atoms with Gasteiger partial charge >= 0.3 is 0 Å². The van der Waals surface area contributed by atoms with Crippen molar-refractivity contribution < 1.29 is 0 Å². The Labute approximate surface area is 115 Å². The molecule has 0 spiro atoms. The van der Waals surface area contributed by atoms with E-state index in [9.17, 15) is 0 Å². The lowest BCUT2D eigenvalue weighted by molar-refractivity contribution is 0.375. The molecule has 2 nitrogen and oxygen atoms in total. The van der Waals surface area contributed by atoms with E-state index in [1.54, 1.807) is 0 Å². The lowest BCUT2D eigenvalue weighted by Crippen LogP contribution is -2.34. The molecule has 1 N–H and O–H groups in total. The van der Waals surface area contributed by atoms with Gasteiger partial charge in [0, 0.05) is 23.5 Å². The van der Waals surface area contributed by atoms with Crippen molar-refractivity contribution in [3.8, 4) is 0 Å². The maximum atomic E-state index is 4.79. The lowest BCUT2D eigenvalue weighted by Gasteiger charge is -2.22. The first kappa shape index (κ1) is 12.6. The summed E-state index contributed by atoms with van der Waals surface area (Å²) in [7, 11) is 2.09. The minimum absolute atomic E-state index is 0.580. The Kier molecular flexibility index (Phi) is 3.79. The normalized spacial score (nSPS) is 17.9. The van der Waals surface area contributed by atoms with E-state index in [0.29, 0.717) is 6.04 Å². The number of nitrogens with one attached hydrogen (secondary N) is 1. The second-order valence-corrected chi connectivity index (χ2v) is 5.64. The molecule has 1 aromatic heterocycles. The number of aromatic nitrogens is 1. The van der Waals surface area contributed by atoms with Crippen molar-refractivity contribution in [2.24, 2.45) is 5.92 Å². The smallest absolute Gasteiger partial charge is 0.0705 e. The van der Waals surface area contributed by atoms with Crippen molar-refractivity contribution in [1.29, 1.82) is 0 Å². The van der Waals surface area contributed by atoms with Crippen molar-refractivity contribution in [3.05, 3.63) is 42.1 Å². The maximum absolute atomic E-state index is 4.79. The molecule has 100 valence electrons. The number of nitrogens with zero attached hydrogens (tertiary/aromatic N) is 1. The van der Waals surface area contributed by atoms with Gasteiger partial charge in [0.1, 0.15) is 0 Å². The molecular formula is C17H22N2. The number of benzene rings is 1. The predicted molar refractivity (Wildman–Crippen MR) is 80.3 cm³/mol. The number of pyridine rings is 1. The summed E-state index contributed by atoms with van der Waals surface area (Å²) in [5.41, 5.74) is 2.33. The largest absolute Gasteiger partial charge is 0.316 e. The SMILES string of the molecule is CNC(Cc1ccc2ccccc2n1)C1CCCC1. The van der Waals surface area contributed by atoms with Crippen LogP contribution in [0, 0.1) is 5.92 Å². The van der Waals surface area contributed by atoms with Crippen molar-refractivity contribution in [3.63, 3.8) is 0 Å². The molecule has 0 aliphatic heterocycles. The Morgan fingerprint density at radius 2 is 1.95 bits per heavy atom. The number of hydrogen-bond acceptors (Lipinski definition) is 2. The van der Waals surface area contributed by atoms with Crippen LogP contribution in [0.15, 0.2) is 36.4 Å². The molecular weight excluding hydrogens is 232 g/mol. The molecule has 0 amide bonds. The third-order valence-corrected chi connectivity index (χ3v) is 4.42. The van der Waals surface area contributed by atoms with Crippen molar-refractivity contribution in [2.75, 3.05) is 7.05 Å². The molecule has 0 saturated heterocycles. The van der Waals surface area contributed by atoms with Gasteiger partial charge in [-0.3, -0.25) is 4.98 Å². The van der Waals surface area contributed by atoms with Gasteiger partial charge in [0.15, 0.2) is 0 Å². The zero-order valence-electron chi connectivity index (χ0n) is 11.6. The van der Waals surface area contributed by atoms with Gasteiger partial charge in [0.25, 0.3) is 0 Å². The van der Waals surface area contributed by atoms with Crippen LogP contribution in [0.2, 0.25) is 0 Å². The van der Waals surface area contributed by atoms with Gasteiger partial charge in [0.05, 0.1) is 5.52 Å². The van der Waals surface area contributed by atoms with E-state index in [0.717, 1.165) is 17.9 Å². The average Bonchev–Trinajstić information content (AvgIpc) is 2.98. The Hall–Kier alpha value is -1.41. The van der Waals surface area contributed by atoms with Gasteiger partial charge in [-0.2, -0.15) is 0 Å². The van der Waals surface area contributed by atoms with Crippen LogP contribution in [0.3, 0.4) is 0 Å². The zero-order valence-corrected chi connectivity index (χ0v) is 11.6. The third kappa shape index (κ3) is 2.79. The second-order valence-electron chi connectivity index (χ2n) is 5.64. The topological polar surface area (TPSA) is 24.9 Å². The first-order chi connectivity index (χ1) is 9.36. The highest BCUT2D eigenvalue weighted by atomic mass is 14.9.